The molecule has 0 atom stereocenters. The first-order valence-corrected chi connectivity index (χ1v) is 6.30. The zero-order valence-corrected chi connectivity index (χ0v) is 12.9. The van der Waals surface area contributed by atoms with E-state index < -0.39 is 0 Å². The van der Waals surface area contributed by atoms with Crippen LogP contribution in [-0.2, 0) is 4.79 Å². The maximum absolute atomic E-state index is 12.3. The number of likely N-dealkylation sites (N-methyl/N-ethyl adjacent to an activating group) is 1. The number of nitrogens with two attached hydrogens (primary N) is 1. The van der Waals surface area contributed by atoms with Gasteiger partial charge in [-0.05, 0) is 30.7 Å². The normalized spacial score (nSPS) is 9.55. The Kier molecular flexibility index (Phi) is 7.69. The lowest BCUT2D eigenvalue weighted by molar-refractivity contribution is -0.129. The van der Waals surface area contributed by atoms with Crippen molar-refractivity contribution in [3.63, 3.8) is 0 Å². The molecule has 0 saturated heterocycles. The van der Waals surface area contributed by atoms with Crippen molar-refractivity contribution in [3.8, 4) is 0 Å². The van der Waals surface area contributed by atoms with Crippen LogP contribution >= 0.6 is 12.4 Å². The standard InChI is InChI=1S/C14H21N3O2.ClH/c1-4-9-17(10-13(18)16(2)3)14(19)11-5-7-12(15)8-6-11;/h5-8H,4,9-10,15H2,1-3H3;1H. The van der Waals surface area contributed by atoms with E-state index in [1.54, 1.807) is 43.3 Å². The predicted octanol–water partition coefficient (Wildman–Crippen LogP) is 1.63. The van der Waals surface area contributed by atoms with Gasteiger partial charge in [-0.15, -0.1) is 12.4 Å². The van der Waals surface area contributed by atoms with Gasteiger partial charge in [-0.3, -0.25) is 9.59 Å². The highest BCUT2D eigenvalue weighted by Crippen LogP contribution is 2.09. The van der Waals surface area contributed by atoms with Crippen LogP contribution in [0.1, 0.15) is 23.7 Å². The summed E-state index contributed by atoms with van der Waals surface area (Å²) < 4.78 is 0. The summed E-state index contributed by atoms with van der Waals surface area (Å²) in [5, 5.41) is 0. The van der Waals surface area contributed by atoms with Gasteiger partial charge in [-0.1, -0.05) is 6.92 Å². The summed E-state index contributed by atoms with van der Waals surface area (Å²) in [5.41, 5.74) is 6.76. The van der Waals surface area contributed by atoms with E-state index in [1.165, 1.54) is 4.90 Å². The molecular formula is C14H22ClN3O2. The molecule has 6 heteroatoms. The Morgan fingerprint density at radius 3 is 2.15 bits per heavy atom. The van der Waals surface area contributed by atoms with Crippen LogP contribution < -0.4 is 5.73 Å². The third-order valence-electron chi connectivity index (χ3n) is 2.76. The Morgan fingerprint density at radius 2 is 1.70 bits per heavy atom. The van der Waals surface area contributed by atoms with Crippen molar-refractivity contribution in [1.82, 2.24) is 9.80 Å². The van der Waals surface area contributed by atoms with E-state index in [-0.39, 0.29) is 30.8 Å². The molecule has 0 aliphatic rings. The first-order chi connectivity index (χ1) is 8.95. The van der Waals surface area contributed by atoms with Crippen LogP contribution in [-0.4, -0.2) is 48.8 Å². The minimum Gasteiger partial charge on any atom is -0.399 e. The lowest BCUT2D eigenvalue weighted by atomic mass is 10.1. The second-order valence-corrected chi connectivity index (χ2v) is 4.64. The van der Waals surface area contributed by atoms with Crippen molar-refractivity contribution in [2.75, 3.05) is 32.9 Å². The van der Waals surface area contributed by atoms with E-state index in [1.807, 2.05) is 6.92 Å². The molecule has 0 unspecified atom stereocenters. The number of amides is 2. The number of carbonyl (C=O) groups excluding carboxylic acids is 2. The molecule has 0 bridgehead atoms. The molecule has 5 nitrogen and oxygen atoms in total. The monoisotopic (exact) mass is 299 g/mol. The van der Waals surface area contributed by atoms with Crippen LogP contribution in [0.4, 0.5) is 5.69 Å². The fraction of sp³-hybridized carbons (Fsp3) is 0.429. The number of hydrogen-bond acceptors (Lipinski definition) is 3. The number of hydrogen-bond donors (Lipinski definition) is 1. The Hall–Kier alpha value is -1.75. The van der Waals surface area contributed by atoms with Crippen molar-refractivity contribution >= 4 is 29.9 Å². The summed E-state index contributed by atoms with van der Waals surface area (Å²) in [4.78, 5) is 27.1. The molecule has 112 valence electrons. The summed E-state index contributed by atoms with van der Waals surface area (Å²) in [6.07, 6.45) is 0.807. The summed E-state index contributed by atoms with van der Waals surface area (Å²) in [6.45, 7) is 2.64. The number of halogens is 1. The Balaban J connectivity index is 0.00000361. The average Bonchev–Trinajstić information content (AvgIpc) is 2.38. The molecule has 0 aliphatic heterocycles. The minimum absolute atomic E-state index is 0. The van der Waals surface area contributed by atoms with Crippen molar-refractivity contribution < 1.29 is 9.59 Å². The molecule has 0 aromatic heterocycles. The quantitative estimate of drug-likeness (QED) is 0.840. The second-order valence-electron chi connectivity index (χ2n) is 4.64. The third-order valence-corrected chi connectivity index (χ3v) is 2.76. The molecule has 1 rings (SSSR count). The minimum atomic E-state index is -0.142. The molecular weight excluding hydrogens is 278 g/mol. The highest BCUT2D eigenvalue weighted by molar-refractivity contribution is 5.96. The van der Waals surface area contributed by atoms with Crippen molar-refractivity contribution in [3.05, 3.63) is 29.8 Å². The maximum atomic E-state index is 12.3. The van der Waals surface area contributed by atoms with Gasteiger partial charge in [-0.2, -0.15) is 0 Å². The molecule has 0 radical (unpaired) electrons. The van der Waals surface area contributed by atoms with Gasteiger partial charge in [-0.25, -0.2) is 0 Å². The fourth-order valence-electron chi connectivity index (χ4n) is 1.64. The number of rotatable bonds is 5. The van der Waals surface area contributed by atoms with Gasteiger partial charge in [0.05, 0.1) is 0 Å². The van der Waals surface area contributed by atoms with Gasteiger partial charge < -0.3 is 15.5 Å². The molecule has 0 fully saturated rings. The highest BCUT2D eigenvalue weighted by atomic mass is 35.5. The third kappa shape index (κ3) is 5.09. The van der Waals surface area contributed by atoms with E-state index in [0.717, 1.165) is 6.42 Å². The first kappa shape index (κ1) is 18.2. The van der Waals surface area contributed by atoms with E-state index in [9.17, 15) is 9.59 Å². The topological polar surface area (TPSA) is 66.6 Å². The number of nitrogen functional groups attached to an aromatic ring is 1. The SMILES string of the molecule is CCCN(CC(=O)N(C)C)C(=O)c1ccc(N)cc1.Cl. The summed E-state index contributed by atoms with van der Waals surface area (Å²) in [6, 6.07) is 6.73. The number of carbonyl (C=O) groups is 2. The maximum Gasteiger partial charge on any atom is 0.254 e. The van der Waals surface area contributed by atoms with Gasteiger partial charge >= 0.3 is 0 Å². The fourth-order valence-corrected chi connectivity index (χ4v) is 1.64. The van der Waals surface area contributed by atoms with Crippen LogP contribution in [0.15, 0.2) is 24.3 Å². The lowest BCUT2D eigenvalue weighted by Gasteiger charge is -2.23. The van der Waals surface area contributed by atoms with Gasteiger partial charge in [0.2, 0.25) is 5.91 Å². The predicted molar refractivity (Wildman–Crippen MR) is 83.0 cm³/mol. The highest BCUT2D eigenvalue weighted by Gasteiger charge is 2.18. The van der Waals surface area contributed by atoms with Crippen molar-refractivity contribution in [1.29, 1.82) is 0 Å². The molecule has 20 heavy (non-hydrogen) atoms. The average molecular weight is 300 g/mol. The first-order valence-electron chi connectivity index (χ1n) is 6.30. The van der Waals surface area contributed by atoms with E-state index in [2.05, 4.69) is 0 Å². The summed E-state index contributed by atoms with van der Waals surface area (Å²) in [7, 11) is 3.36. The zero-order chi connectivity index (χ0) is 14.4. The zero-order valence-electron chi connectivity index (χ0n) is 12.1. The molecule has 0 aliphatic carbocycles. The number of nitrogens with zero attached hydrogens (tertiary/aromatic N) is 2. The van der Waals surface area contributed by atoms with E-state index in [4.69, 9.17) is 5.73 Å². The van der Waals surface area contributed by atoms with Gasteiger partial charge in [0, 0.05) is 31.9 Å². The molecule has 0 spiro atoms. The Bertz CT molecular complexity index is 446. The molecule has 0 saturated carbocycles. The van der Waals surface area contributed by atoms with Gasteiger partial charge in [0.1, 0.15) is 6.54 Å². The van der Waals surface area contributed by atoms with Gasteiger partial charge in [0.25, 0.3) is 5.91 Å². The largest absolute Gasteiger partial charge is 0.399 e. The molecule has 1 aromatic carbocycles. The summed E-state index contributed by atoms with van der Waals surface area (Å²) in [5.74, 6) is -0.228. The van der Waals surface area contributed by atoms with Crippen LogP contribution in [0.25, 0.3) is 0 Å². The van der Waals surface area contributed by atoms with Crippen LogP contribution in [0.5, 0.6) is 0 Å². The number of benzene rings is 1. The van der Waals surface area contributed by atoms with Crippen molar-refractivity contribution in [2.45, 2.75) is 13.3 Å². The number of anilines is 1. The molecule has 2 amide bonds. The van der Waals surface area contributed by atoms with Crippen LogP contribution in [0.3, 0.4) is 0 Å². The lowest BCUT2D eigenvalue weighted by Crippen LogP contribution is -2.40. The van der Waals surface area contributed by atoms with Crippen LogP contribution in [0.2, 0.25) is 0 Å². The summed E-state index contributed by atoms with van der Waals surface area (Å²) >= 11 is 0. The second kappa shape index (κ2) is 8.43. The van der Waals surface area contributed by atoms with Gasteiger partial charge in [0.15, 0.2) is 0 Å². The van der Waals surface area contributed by atoms with E-state index >= 15 is 0 Å². The molecule has 1 aromatic rings. The molecule has 2 N–H and O–H groups in total. The smallest absolute Gasteiger partial charge is 0.254 e. The van der Waals surface area contributed by atoms with E-state index in [0.29, 0.717) is 17.8 Å². The van der Waals surface area contributed by atoms with Crippen LogP contribution in [0, 0.1) is 0 Å². The Labute approximate surface area is 126 Å². The molecule has 0 heterocycles. The van der Waals surface area contributed by atoms with Crippen molar-refractivity contribution in [2.24, 2.45) is 0 Å². The Morgan fingerprint density at radius 1 is 1.15 bits per heavy atom.